The minimum atomic E-state index is -2.35. The SMILES string of the molecule is CC(C)[Si](C#CC(c1cccc(OCCOCc2ccc(-c3ccc(Br)cn3)nc2)c1)(c1cccc(OCCOCc2ccc(-c3ccc(Br)cn3)nc2)c1)c1cccc(OCCOCc2ccc(-c3ccc(Br)cn3)nc2)c1)(C(C)C)C(C)C. The number of hydrogen-bond acceptors (Lipinski definition) is 12. The lowest BCUT2D eigenvalue weighted by Crippen LogP contribution is -2.44. The largest absolute Gasteiger partial charge is 0.491 e. The molecule has 16 heteroatoms. The highest BCUT2D eigenvalue weighted by Gasteiger charge is 2.44. The first-order valence-electron chi connectivity index (χ1n) is 28.5. The first-order chi connectivity index (χ1) is 41.3. The van der Waals surface area contributed by atoms with Crippen molar-refractivity contribution in [2.24, 2.45) is 0 Å². The molecule has 12 nitrogen and oxygen atoms in total. The van der Waals surface area contributed by atoms with E-state index in [4.69, 9.17) is 28.4 Å². The van der Waals surface area contributed by atoms with Crippen molar-refractivity contribution in [2.75, 3.05) is 39.6 Å². The van der Waals surface area contributed by atoms with Crippen LogP contribution in [0.2, 0.25) is 16.6 Å². The van der Waals surface area contributed by atoms with Crippen molar-refractivity contribution in [2.45, 2.75) is 83.4 Å². The van der Waals surface area contributed by atoms with Crippen LogP contribution >= 0.6 is 47.8 Å². The van der Waals surface area contributed by atoms with E-state index < -0.39 is 13.5 Å². The summed E-state index contributed by atoms with van der Waals surface area (Å²) in [5.41, 5.74) is 14.8. The van der Waals surface area contributed by atoms with Gasteiger partial charge in [-0.15, -0.1) is 5.54 Å². The summed E-state index contributed by atoms with van der Waals surface area (Å²) in [4.78, 5) is 27.3. The molecule has 9 aromatic rings. The van der Waals surface area contributed by atoms with Crippen LogP contribution in [-0.4, -0.2) is 77.6 Å². The predicted molar refractivity (Wildman–Crippen MR) is 349 cm³/mol. The topological polar surface area (TPSA) is 133 Å². The van der Waals surface area contributed by atoms with E-state index in [9.17, 15) is 0 Å². The molecule has 0 amide bonds. The van der Waals surface area contributed by atoms with E-state index in [-0.39, 0.29) is 0 Å². The zero-order valence-corrected chi connectivity index (χ0v) is 54.4. The fourth-order valence-corrected chi connectivity index (χ4v) is 16.6. The van der Waals surface area contributed by atoms with Gasteiger partial charge in [0.1, 0.15) is 50.6 Å². The minimum absolute atomic E-state index is 0.327. The summed E-state index contributed by atoms with van der Waals surface area (Å²) in [6, 6.07) is 48.5. The van der Waals surface area contributed by atoms with Crippen molar-refractivity contribution in [1.82, 2.24) is 29.9 Å². The minimum Gasteiger partial charge on any atom is -0.491 e. The Hall–Kier alpha value is -6.94. The van der Waals surface area contributed by atoms with Crippen LogP contribution < -0.4 is 14.2 Å². The van der Waals surface area contributed by atoms with Gasteiger partial charge in [0.05, 0.1) is 73.8 Å². The summed E-state index contributed by atoms with van der Waals surface area (Å²) in [6.07, 6.45) is 10.8. The molecule has 0 fully saturated rings. The van der Waals surface area contributed by atoms with Gasteiger partial charge in [0.25, 0.3) is 0 Å². The van der Waals surface area contributed by atoms with Gasteiger partial charge in [-0.1, -0.05) is 102 Å². The molecule has 6 heterocycles. The average molecular weight is 1350 g/mol. The third-order valence-corrected chi connectivity index (χ3v) is 22.6. The van der Waals surface area contributed by atoms with Gasteiger partial charge in [-0.2, -0.15) is 0 Å². The fraction of sp³-hybridized carbons (Fsp3) is 0.275. The third kappa shape index (κ3) is 16.5. The molecular formula is C69H69Br3N6O6Si. The summed E-state index contributed by atoms with van der Waals surface area (Å²) in [5, 5.41) is 0. The standard InChI is InChI=1S/C69H69Br3N6O6Si/c1-48(2)85(49(3)4,50(5)6)35-28-69(54-10-7-13-60(36-54)82-32-29-79-45-51-16-22-63(73-39-51)66-25-19-57(70)42-76-66,55-11-8-14-61(37-55)83-33-30-80-46-52-17-23-64(74-40-52)67-26-20-58(71)43-77-67)56-12-9-15-62(38-56)84-34-31-81-47-53-18-24-65(75-41-53)68-27-21-59(72)44-78-68/h7-27,36-44,48-50H,29-34,45-47H2,1-6H3. The van der Waals surface area contributed by atoms with E-state index in [0.717, 1.165) is 81.0 Å². The van der Waals surface area contributed by atoms with Crippen molar-refractivity contribution < 1.29 is 28.4 Å². The van der Waals surface area contributed by atoms with Gasteiger partial charge in [0.2, 0.25) is 0 Å². The summed E-state index contributed by atoms with van der Waals surface area (Å²) in [6.45, 7) is 17.3. The number of hydrogen-bond donors (Lipinski definition) is 0. The highest BCUT2D eigenvalue weighted by atomic mass is 79.9. The Balaban J connectivity index is 0.967. The number of aromatic nitrogens is 6. The maximum Gasteiger partial charge on any atom is 0.146 e. The maximum absolute atomic E-state index is 6.54. The summed E-state index contributed by atoms with van der Waals surface area (Å²) in [7, 11) is -2.35. The quantitative estimate of drug-likeness (QED) is 0.0210. The molecule has 0 atom stereocenters. The van der Waals surface area contributed by atoms with Crippen molar-refractivity contribution >= 4 is 55.9 Å². The van der Waals surface area contributed by atoms with Crippen LogP contribution in [-0.2, 0) is 39.4 Å². The number of nitrogens with zero attached hydrogens (tertiary/aromatic N) is 6. The lowest BCUT2D eigenvalue weighted by atomic mass is 9.70. The third-order valence-electron chi connectivity index (χ3n) is 14.9. The Morgan fingerprint density at radius 2 is 0.671 bits per heavy atom. The lowest BCUT2D eigenvalue weighted by Gasteiger charge is -2.39. The Morgan fingerprint density at radius 3 is 0.929 bits per heavy atom. The Labute approximate surface area is 526 Å². The summed E-state index contributed by atoms with van der Waals surface area (Å²) in [5.74, 6) is 6.20. The molecule has 0 bridgehead atoms. The molecule has 0 spiro atoms. The number of ether oxygens (including phenoxy) is 6. The zero-order valence-electron chi connectivity index (χ0n) is 48.7. The van der Waals surface area contributed by atoms with E-state index in [1.165, 1.54) is 0 Å². The molecule has 0 aliphatic carbocycles. The van der Waals surface area contributed by atoms with Crippen LogP contribution in [0.1, 0.15) is 74.9 Å². The molecule has 85 heavy (non-hydrogen) atoms. The maximum atomic E-state index is 6.54. The molecule has 436 valence electrons. The van der Waals surface area contributed by atoms with Crippen LogP contribution in [0, 0.1) is 11.5 Å². The molecule has 0 N–H and O–H groups in total. The summed E-state index contributed by atoms with van der Waals surface area (Å²) < 4.78 is 40.8. The molecule has 0 aliphatic rings. The number of benzene rings is 3. The zero-order chi connectivity index (χ0) is 59.6. The smallest absolute Gasteiger partial charge is 0.146 e. The predicted octanol–water partition coefficient (Wildman–Crippen LogP) is 16.7. The average Bonchev–Trinajstić information content (AvgIpc) is 2.90. The highest BCUT2D eigenvalue weighted by molar-refractivity contribution is 9.11. The van der Waals surface area contributed by atoms with E-state index in [2.05, 4.69) is 167 Å². The van der Waals surface area contributed by atoms with E-state index in [1.807, 2.05) is 128 Å². The van der Waals surface area contributed by atoms with Gasteiger partial charge in [-0.05, 0) is 189 Å². The Kier molecular flexibility index (Phi) is 22.4. The van der Waals surface area contributed by atoms with Crippen molar-refractivity contribution in [1.29, 1.82) is 0 Å². The molecule has 0 saturated heterocycles. The van der Waals surface area contributed by atoms with E-state index in [0.29, 0.717) is 93.3 Å². The van der Waals surface area contributed by atoms with Crippen molar-refractivity contribution in [3.8, 4) is 62.9 Å². The van der Waals surface area contributed by atoms with E-state index in [1.54, 1.807) is 18.6 Å². The van der Waals surface area contributed by atoms with Crippen LogP contribution in [0.15, 0.2) is 196 Å². The second-order valence-corrected chi connectivity index (χ2v) is 29.8. The number of halogens is 3. The molecule has 9 rings (SSSR count). The van der Waals surface area contributed by atoms with Gasteiger partial charge in [0, 0.05) is 50.6 Å². The second kappa shape index (κ2) is 30.4. The Bertz CT molecular complexity index is 3260. The summed E-state index contributed by atoms with van der Waals surface area (Å²) >= 11 is 10.4. The monoisotopic (exact) mass is 1340 g/mol. The number of rotatable bonds is 27. The van der Waals surface area contributed by atoms with Gasteiger partial charge >= 0.3 is 0 Å². The fourth-order valence-electron chi connectivity index (χ4n) is 10.6. The van der Waals surface area contributed by atoms with Crippen LogP contribution in [0.3, 0.4) is 0 Å². The van der Waals surface area contributed by atoms with Gasteiger partial charge in [-0.3, -0.25) is 29.9 Å². The van der Waals surface area contributed by atoms with Crippen LogP contribution in [0.5, 0.6) is 17.2 Å². The Morgan fingerprint density at radius 1 is 0.376 bits per heavy atom. The lowest BCUT2D eigenvalue weighted by molar-refractivity contribution is 0.0886. The molecule has 0 aliphatic heterocycles. The first-order valence-corrected chi connectivity index (χ1v) is 33.1. The van der Waals surface area contributed by atoms with Crippen LogP contribution in [0.25, 0.3) is 34.2 Å². The van der Waals surface area contributed by atoms with Gasteiger partial charge in [0.15, 0.2) is 0 Å². The molecule has 0 unspecified atom stereocenters. The molecule has 6 aromatic heterocycles. The van der Waals surface area contributed by atoms with Gasteiger partial charge < -0.3 is 28.4 Å². The van der Waals surface area contributed by atoms with Crippen molar-refractivity contribution in [3.05, 3.63) is 230 Å². The van der Waals surface area contributed by atoms with Gasteiger partial charge in [-0.25, -0.2) is 0 Å². The van der Waals surface area contributed by atoms with Crippen molar-refractivity contribution in [3.63, 3.8) is 0 Å². The number of pyridine rings is 6. The van der Waals surface area contributed by atoms with E-state index >= 15 is 0 Å². The molecule has 0 saturated carbocycles. The molecule has 0 radical (unpaired) electrons. The normalized spacial score (nSPS) is 11.7. The first kappa shape index (κ1) is 62.6. The van der Waals surface area contributed by atoms with Crippen LogP contribution in [0.4, 0.5) is 0 Å². The molecular weight excluding hydrogens is 1280 g/mol. The highest BCUT2D eigenvalue weighted by Crippen LogP contribution is 2.45. The molecule has 3 aromatic carbocycles. The second-order valence-electron chi connectivity index (χ2n) is 21.4.